The molecule has 0 aliphatic carbocycles. The van der Waals surface area contributed by atoms with E-state index in [0.717, 1.165) is 18.4 Å². The summed E-state index contributed by atoms with van der Waals surface area (Å²) in [6.07, 6.45) is 12.5. The molecule has 0 saturated heterocycles. The number of aryl methyl sites for hydroxylation is 2. The summed E-state index contributed by atoms with van der Waals surface area (Å²) < 4.78 is 0. The molecule has 1 N–H and O–H groups in total. The summed E-state index contributed by atoms with van der Waals surface area (Å²) in [5.74, 6) is 0.478. The first-order chi connectivity index (χ1) is 9.27. The molecule has 0 amide bonds. The van der Waals surface area contributed by atoms with Gasteiger partial charge in [-0.05, 0) is 42.9 Å². The summed E-state index contributed by atoms with van der Waals surface area (Å²) in [7, 11) is 0. The Kier molecular flexibility index (Phi) is 8.36. The van der Waals surface area contributed by atoms with Crippen molar-refractivity contribution in [1.82, 2.24) is 0 Å². The Labute approximate surface area is 119 Å². The van der Waals surface area contributed by atoms with Crippen molar-refractivity contribution in [3.63, 3.8) is 0 Å². The number of aromatic hydroxyl groups is 1. The van der Waals surface area contributed by atoms with Gasteiger partial charge in [-0.1, -0.05) is 64.5 Å². The third kappa shape index (κ3) is 6.66. The normalized spacial score (nSPS) is 10.8. The molecule has 0 bridgehead atoms. The molecule has 0 aliphatic rings. The Balaban J connectivity index is 2.39. The van der Waals surface area contributed by atoms with Crippen molar-refractivity contribution < 1.29 is 5.11 Å². The van der Waals surface area contributed by atoms with Gasteiger partial charge in [0.25, 0.3) is 0 Å². The first-order valence-corrected chi connectivity index (χ1v) is 8.08. The van der Waals surface area contributed by atoms with Crippen LogP contribution in [-0.2, 0) is 12.8 Å². The lowest BCUT2D eigenvalue weighted by atomic mass is 10.00. The number of phenols is 1. The van der Waals surface area contributed by atoms with Crippen LogP contribution in [0.15, 0.2) is 18.2 Å². The molecule has 0 fully saturated rings. The highest BCUT2D eigenvalue weighted by molar-refractivity contribution is 5.36. The summed E-state index contributed by atoms with van der Waals surface area (Å²) in [6.45, 7) is 4.47. The van der Waals surface area contributed by atoms with Crippen LogP contribution < -0.4 is 0 Å². The molecular weight excluding hydrogens is 232 g/mol. The Bertz CT molecular complexity index is 344. The van der Waals surface area contributed by atoms with Gasteiger partial charge in [0.1, 0.15) is 5.75 Å². The van der Waals surface area contributed by atoms with Gasteiger partial charge >= 0.3 is 0 Å². The standard InChI is InChI=1S/C18H30O/c1-3-5-7-8-10-11-16-13-14-18(19)17(15-16)12-9-6-4-2/h13-15,19H,3-12H2,1-2H3. The van der Waals surface area contributed by atoms with Crippen LogP contribution in [0, 0.1) is 0 Å². The van der Waals surface area contributed by atoms with Crippen molar-refractivity contribution in [1.29, 1.82) is 0 Å². The smallest absolute Gasteiger partial charge is 0.118 e. The fourth-order valence-electron chi connectivity index (χ4n) is 2.49. The van der Waals surface area contributed by atoms with Crippen molar-refractivity contribution >= 4 is 0 Å². The Morgan fingerprint density at radius 1 is 0.789 bits per heavy atom. The minimum atomic E-state index is 0.478. The Morgan fingerprint density at radius 2 is 1.42 bits per heavy atom. The van der Waals surface area contributed by atoms with Crippen molar-refractivity contribution in [2.24, 2.45) is 0 Å². The topological polar surface area (TPSA) is 20.2 Å². The van der Waals surface area contributed by atoms with Crippen LogP contribution in [0.5, 0.6) is 5.75 Å². The van der Waals surface area contributed by atoms with Crippen molar-refractivity contribution in [3.8, 4) is 5.75 Å². The van der Waals surface area contributed by atoms with Gasteiger partial charge in [0.15, 0.2) is 0 Å². The van der Waals surface area contributed by atoms with Crippen LogP contribution in [0.4, 0.5) is 0 Å². The van der Waals surface area contributed by atoms with E-state index in [1.165, 1.54) is 56.9 Å². The van der Waals surface area contributed by atoms with Crippen LogP contribution in [-0.4, -0.2) is 5.11 Å². The monoisotopic (exact) mass is 262 g/mol. The summed E-state index contributed by atoms with van der Waals surface area (Å²) in [6, 6.07) is 6.17. The zero-order valence-corrected chi connectivity index (χ0v) is 12.8. The van der Waals surface area contributed by atoms with E-state index in [0.29, 0.717) is 5.75 Å². The SMILES string of the molecule is CCCCCCCc1ccc(O)c(CCCCC)c1. The van der Waals surface area contributed by atoms with E-state index in [-0.39, 0.29) is 0 Å². The fraction of sp³-hybridized carbons (Fsp3) is 0.667. The molecule has 1 aromatic carbocycles. The summed E-state index contributed by atoms with van der Waals surface area (Å²) in [5, 5.41) is 9.88. The fourth-order valence-corrected chi connectivity index (χ4v) is 2.49. The van der Waals surface area contributed by atoms with Crippen molar-refractivity contribution in [2.45, 2.75) is 78.1 Å². The van der Waals surface area contributed by atoms with E-state index in [4.69, 9.17) is 0 Å². The molecule has 1 aromatic rings. The van der Waals surface area contributed by atoms with Gasteiger partial charge in [0.05, 0.1) is 0 Å². The van der Waals surface area contributed by atoms with E-state index in [9.17, 15) is 5.11 Å². The second kappa shape index (κ2) is 9.89. The number of phenolic OH excluding ortho intramolecular Hbond substituents is 1. The lowest BCUT2D eigenvalue weighted by molar-refractivity contribution is 0.466. The average molecular weight is 262 g/mol. The number of hydrogen-bond acceptors (Lipinski definition) is 1. The maximum atomic E-state index is 9.88. The van der Waals surface area contributed by atoms with E-state index >= 15 is 0 Å². The number of benzene rings is 1. The van der Waals surface area contributed by atoms with Gasteiger partial charge in [-0.2, -0.15) is 0 Å². The first-order valence-electron chi connectivity index (χ1n) is 8.08. The molecule has 0 saturated carbocycles. The highest BCUT2D eigenvalue weighted by Gasteiger charge is 2.03. The molecule has 0 unspecified atom stereocenters. The minimum absolute atomic E-state index is 0.478. The zero-order chi connectivity index (χ0) is 13.9. The molecule has 0 heterocycles. The van der Waals surface area contributed by atoms with Crippen LogP contribution in [0.25, 0.3) is 0 Å². The van der Waals surface area contributed by atoms with Crippen LogP contribution >= 0.6 is 0 Å². The molecule has 0 aliphatic heterocycles. The maximum absolute atomic E-state index is 9.88. The van der Waals surface area contributed by atoms with Crippen LogP contribution in [0.2, 0.25) is 0 Å². The predicted molar refractivity (Wildman–Crippen MR) is 83.8 cm³/mol. The van der Waals surface area contributed by atoms with Gasteiger partial charge < -0.3 is 5.11 Å². The molecule has 1 heteroatoms. The van der Waals surface area contributed by atoms with E-state index in [1.54, 1.807) is 0 Å². The number of unbranched alkanes of at least 4 members (excludes halogenated alkanes) is 6. The number of hydrogen-bond donors (Lipinski definition) is 1. The highest BCUT2D eigenvalue weighted by Crippen LogP contribution is 2.22. The zero-order valence-electron chi connectivity index (χ0n) is 12.8. The van der Waals surface area contributed by atoms with Crippen LogP contribution in [0.3, 0.4) is 0 Å². The number of rotatable bonds is 10. The maximum Gasteiger partial charge on any atom is 0.118 e. The molecule has 1 rings (SSSR count). The van der Waals surface area contributed by atoms with Gasteiger partial charge in [-0.3, -0.25) is 0 Å². The van der Waals surface area contributed by atoms with E-state index in [1.807, 2.05) is 6.07 Å². The van der Waals surface area contributed by atoms with Gasteiger partial charge in [0.2, 0.25) is 0 Å². The molecule has 1 nitrogen and oxygen atoms in total. The Hall–Kier alpha value is -0.980. The molecule has 0 radical (unpaired) electrons. The van der Waals surface area contributed by atoms with Crippen molar-refractivity contribution in [3.05, 3.63) is 29.3 Å². The lowest BCUT2D eigenvalue weighted by Crippen LogP contribution is -1.91. The summed E-state index contributed by atoms with van der Waals surface area (Å²) in [5.41, 5.74) is 2.53. The van der Waals surface area contributed by atoms with Gasteiger partial charge in [0, 0.05) is 0 Å². The van der Waals surface area contributed by atoms with Gasteiger partial charge in [-0.15, -0.1) is 0 Å². The second-order valence-electron chi connectivity index (χ2n) is 5.58. The summed E-state index contributed by atoms with van der Waals surface area (Å²) in [4.78, 5) is 0. The van der Waals surface area contributed by atoms with Crippen molar-refractivity contribution in [2.75, 3.05) is 0 Å². The van der Waals surface area contributed by atoms with E-state index in [2.05, 4.69) is 26.0 Å². The van der Waals surface area contributed by atoms with E-state index < -0.39 is 0 Å². The highest BCUT2D eigenvalue weighted by atomic mass is 16.3. The summed E-state index contributed by atoms with van der Waals surface area (Å²) >= 11 is 0. The predicted octanol–water partition coefficient (Wildman–Crippen LogP) is 5.64. The largest absolute Gasteiger partial charge is 0.508 e. The minimum Gasteiger partial charge on any atom is -0.508 e. The quantitative estimate of drug-likeness (QED) is 0.541. The molecule has 19 heavy (non-hydrogen) atoms. The van der Waals surface area contributed by atoms with Crippen LogP contribution in [0.1, 0.15) is 76.3 Å². The third-order valence-corrected chi connectivity index (χ3v) is 3.76. The molecule has 0 atom stereocenters. The lowest BCUT2D eigenvalue weighted by Gasteiger charge is -2.08. The average Bonchev–Trinajstić information content (AvgIpc) is 2.42. The first kappa shape index (κ1) is 16.1. The van der Waals surface area contributed by atoms with Gasteiger partial charge in [-0.25, -0.2) is 0 Å². The molecule has 0 aromatic heterocycles. The molecule has 108 valence electrons. The second-order valence-corrected chi connectivity index (χ2v) is 5.58. The molecule has 0 spiro atoms. The Morgan fingerprint density at radius 3 is 2.16 bits per heavy atom. The molecular formula is C18H30O. The third-order valence-electron chi connectivity index (χ3n) is 3.76.